The van der Waals surface area contributed by atoms with Crippen molar-refractivity contribution in [3.05, 3.63) is 34.1 Å². The monoisotopic (exact) mass is 316 g/mol. The molecule has 3 aromatic rings. The van der Waals surface area contributed by atoms with E-state index in [1.807, 2.05) is 31.2 Å². The molecule has 0 aliphatic carbocycles. The molecule has 0 bridgehead atoms. The zero-order valence-corrected chi connectivity index (χ0v) is 13.5. The van der Waals surface area contributed by atoms with Crippen molar-refractivity contribution in [1.82, 2.24) is 19.5 Å². The van der Waals surface area contributed by atoms with Gasteiger partial charge in [0.2, 0.25) is 5.91 Å². The van der Waals surface area contributed by atoms with Gasteiger partial charge in [-0.3, -0.25) is 14.0 Å². The van der Waals surface area contributed by atoms with Gasteiger partial charge in [0.25, 0.3) is 5.56 Å². The number of furan rings is 1. The molecule has 0 aliphatic rings. The van der Waals surface area contributed by atoms with Crippen LogP contribution in [0.1, 0.15) is 31.9 Å². The Hall–Kier alpha value is -2.57. The Morgan fingerprint density at radius 2 is 2.09 bits per heavy atom. The number of aryl methyl sites for hydroxylation is 2. The lowest BCUT2D eigenvalue weighted by Crippen LogP contribution is -2.35. The topological polar surface area (TPSA) is 81.5 Å². The molecule has 122 valence electrons. The molecule has 0 aromatic carbocycles. The van der Waals surface area contributed by atoms with Gasteiger partial charge in [-0.2, -0.15) is 5.10 Å². The molecule has 0 spiro atoms. The van der Waals surface area contributed by atoms with E-state index in [-0.39, 0.29) is 18.0 Å². The van der Waals surface area contributed by atoms with Crippen LogP contribution in [0.25, 0.3) is 16.6 Å². The number of rotatable bonds is 5. The number of nitrogens with one attached hydrogen (secondary N) is 1. The van der Waals surface area contributed by atoms with Gasteiger partial charge in [-0.1, -0.05) is 13.8 Å². The average molecular weight is 316 g/mol. The van der Waals surface area contributed by atoms with Crippen LogP contribution in [0.2, 0.25) is 0 Å². The predicted octanol–water partition coefficient (Wildman–Crippen LogP) is 1.64. The molecule has 0 aliphatic heterocycles. The predicted molar refractivity (Wildman–Crippen MR) is 86.6 cm³/mol. The summed E-state index contributed by atoms with van der Waals surface area (Å²) in [7, 11) is 0. The SMILES string of the molecule is CCCNC(=O)Cn1nc(CC)n2c(cc3oc(C)cc32)c1=O. The van der Waals surface area contributed by atoms with Crippen LogP contribution in [-0.4, -0.2) is 26.6 Å². The fourth-order valence-corrected chi connectivity index (χ4v) is 2.70. The lowest BCUT2D eigenvalue weighted by molar-refractivity contribution is -0.121. The number of carbonyl (C=O) groups is 1. The first kappa shape index (κ1) is 15.3. The van der Waals surface area contributed by atoms with Crippen LogP contribution in [0.4, 0.5) is 0 Å². The number of hydrogen-bond donors (Lipinski definition) is 1. The van der Waals surface area contributed by atoms with Gasteiger partial charge >= 0.3 is 0 Å². The van der Waals surface area contributed by atoms with Crippen LogP contribution in [0.5, 0.6) is 0 Å². The highest BCUT2D eigenvalue weighted by atomic mass is 16.3. The molecule has 0 unspecified atom stereocenters. The third kappa shape index (κ3) is 2.62. The number of nitrogens with zero attached hydrogens (tertiary/aromatic N) is 3. The second-order valence-electron chi connectivity index (χ2n) is 5.55. The van der Waals surface area contributed by atoms with E-state index in [2.05, 4.69) is 10.4 Å². The largest absolute Gasteiger partial charge is 0.460 e. The maximum Gasteiger partial charge on any atom is 0.291 e. The van der Waals surface area contributed by atoms with Crippen LogP contribution in [-0.2, 0) is 17.8 Å². The number of hydrogen-bond acceptors (Lipinski definition) is 4. The van der Waals surface area contributed by atoms with E-state index in [9.17, 15) is 9.59 Å². The second-order valence-corrected chi connectivity index (χ2v) is 5.55. The van der Waals surface area contributed by atoms with Gasteiger partial charge in [-0.25, -0.2) is 4.68 Å². The van der Waals surface area contributed by atoms with Crippen molar-refractivity contribution in [1.29, 1.82) is 0 Å². The van der Waals surface area contributed by atoms with Crippen LogP contribution in [0.3, 0.4) is 0 Å². The van der Waals surface area contributed by atoms with E-state index in [0.717, 1.165) is 23.5 Å². The summed E-state index contributed by atoms with van der Waals surface area (Å²) < 4.78 is 8.65. The Balaban J connectivity index is 2.12. The summed E-state index contributed by atoms with van der Waals surface area (Å²) in [5, 5.41) is 7.12. The van der Waals surface area contributed by atoms with Gasteiger partial charge in [0.1, 0.15) is 23.6 Å². The Bertz CT molecular complexity index is 932. The van der Waals surface area contributed by atoms with E-state index in [0.29, 0.717) is 24.1 Å². The third-order valence-corrected chi connectivity index (χ3v) is 3.74. The summed E-state index contributed by atoms with van der Waals surface area (Å²) in [6.07, 6.45) is 1.49. The third-order valence-electron chi connectivity index (χ3n) is 3.74. The number of carbonyl (C=O) groups excluding carboxylic acids is 1. The lowest BCUT2D eigenvalue weighted by atomic mass is 10.4. The van der Waals surface area contributed by atoms with Crippen LogP contribution in [0.15, 0.2) is 21.3 Å². The normalized spacial score (nSPS) is 11.4. The van der Waals surface area contributed by atoms with Crippen molar-refractivity contribution in [2.24, 2.45) is 0 Å². The van der Waals surface area contributed by atoms with Gasteiger partial charge in [0.05, 0.1) is 5.52 Å². The first-order chi connectivity index (χ1) is 11.0. The highest BCUT2D eigenvalue weighted by Crippen LogP contribution is 2.23. The van der Waals surface area contributed by atoms with Gasteiger partial charge in [-0.05, 0) is 13.3 Å². The minimum absolute atomic E-state index is 0.0755. The molecule has 0 radical (unpaired) electrons. The van der Waals surface area contributed by atoms with Gasteiger partial charge < -0.3 is 9.73 Å². The van der Waals surface area contributed by atoms with Gasteiger partial charge in [0, 0.05) is 25.1 Å². The quantitative estimate of drug-likeness (QED) is 0.776. The van der Waals surface area contributed by atoms with Crippen LogP contribution < -0.4 is 10.9 Å². The van der Waals surface area contributed by atoms with Crippen molar-refractivity contribution in [3.8, 4) is 0 Å². The summed E-state index contributed by atoms with van der Waals surface area (Å²) >= 11 is 0. The number of aromatic nitrogens is 3. The maximum atomic E-state index is 12.6. The van der Waals surface area contributed by atoms with E-state index in [1.54, 1.807) is 6.07 Å². The van der Waals surface area contributed by atoms with E-state index < -0.39 is 0 Å². The molecule has 1 N–H and O–H groups in total. The number of fused-ring (bicyclic) bond motifs is 3. The Morgan fingerprint density at radius 1 is 1.30 bits per heavy atom. The van der Waals surface area contributed by atoms with E-state index >= 15 is 0 Å². The minimum atomic E-state index is -0.294. The molecule has 7 heteroatoms. The van der Waals surface area contributed by atoms with E-state index in [1.165, 1.54) is 4.68 Å². The molecule has 3 heterocycles. The Labute approximate surface area is 132 Å². The Morgan fingerprint density at radius 3 is 2.78 bits per heavy atom. The molecule has 23 heavy (non-hydrogen) atoms. The fourth-order valence-electron chi connectivity index (χ4n) is 2.70. The molecule has 1 amide bonds. The minimum Gasteiger partial charge on any atom is -0.460 e. The molecule has 0 fully saturated rings. The highest BCUT2D eigenvalue weighted by Gasteiger charge is 2.17. The standard InChI is InChI=1S/C16H20N4O3/c1-4-6-17-15(21)9-19-16(22)12-8-13-11(7-10(3)23-13)20(12)14(5-2)18-19/h7-8H,4-6,9H2,1-3H3,(H,17,21). The second kappa shape index (κ2) is 5.91. The first-order valence-electron chi connectivity index (χ1n) is 7.83. The average Bonchev–Trinajstić information content (AvgIpc) is 3.04. The summed E-state index contributed by atoms with van der Waals surface area (Å²) in [6.45, 7) is 6.32. The van der Waals surface area contributed by atoms with Crippen molar-refractivity contribution in [2.45, 2.75) is 40.2 Å². The first-order valence-corrected chi connectivity index (χ1v) is 7.83. The molecule has 3 rings (SSSR count). The molecular weight excluding hydrogens is 296 g/mol. The highest BCUT2D eigenvalue weighted by molar-refractivity contribution is 5.83. The zero-order valence-electron chi connectivity index (χ0n) is 13.5. The van der Waals surface area contributed by atoms with Gasteiger partial charge in [0.15, 0.2) is 5.58 Å². The molecule has 3 aromatic heterocycles. The van der Waals surface area contributed by atoms with Crippen LogP contribution in [0, 0.1) is 6.92 Å². The number of amides is 1. The molecular formula is C16H20N4O3. The molecule has 7 nitrogen and oxygen atoms in total. The summed E-state index contributed by atoms with van der Waals surface area (Å²) in [5.74, 6) is 1.30. The molecule has 0 saturated carbocycles. The summed E-state index contributed by atoms with van der Waals surface area (Å²) in [4.78, 5) is 24.5. The fraction of sp³-hybridized carbons (Fsp3) is 0.438. The lowest BCUT2D eigenvalue weighted by Gasteiger charge is -2.09. The smallest absolute Gasteiger partial charge is 0.291 e. The van der Waals surface area contributed by atoms with Crippen molar-refractivity contribution in [2.75, 3.05) is 6.54 Å². The van der Waals surface area contributed by atoms with Crippen molar-refractivity contribution >= 4 is 22.5 Å². The van der Waals surface area contributed by atoms with Crippen molar-refractivity contribution < 1.29 is 9.21 Å². The zero-order chi connectivity index (χ0) is 16.6. The van der Waals surface area contributed by atoms with Crippen molar-refractivity contribution in [3.63, 3.8) is 0 Å². The van der Waals surface area contributed by atoms with Crippen LogP contribution >= 0.6 is 0 Å². The molecule has 0 saturated heterocycles. The Kier molecular flexibility index (Phi) is 3.94. The summed E-state index contributed by atoms with van der Waals surface area (Å²) in [5.41, 5.74) is 1.68. The van der Waals surface area contributed by atoms with E-state index in [4.69, 9.17) is 4.42 Å². The maximum absolute atomic E-state index is 12.6. The molecule has 0 atom stereocenters. The van der Waals surface area contributed by atoms with Gasteiger partial charge in [-0.15, -0.1) is 0 Å². The summed E-state index contributed by atoms with van der Waals surface area (Å²) in [6, 6.07) is 3.60.